The summed E-state index contributed by atoms with van der Waals surface area (Å²) < 4.78 is 26.8. The lowest BCUT2D eigenvalue weighted by molar-refractivity contribution is -0.143. The smallest absolute Gasteiger partial charge is 0.315 e. The largest absolute Gasteiger partial charge is 0.481 e. The molecule has 1 aliphatic carbocycles. The lowest BCUT2D eigenvalue weighted by atomic mass is 9.82. The van der Waals surface area contributed by atoms with Crippen molar-refractivity contribution in [2.24, 2.45) is 5.92 Å². The van der Waals surface area contributed by atoms with Crippen LogP contribution in [0.4, 0.5) is 8.78 Å². The van der Waals surface area contributed by atoms with E-state index in [9.17, 15) is 23.5 Å². The number of halogens is 2. The first-order chi connectivity index (χ1) is 12.3. The zero-order chi connectivity index (χ0) is 18.9. The van der Waals surface area contributed by atoms with Crippen LogP contribution in [-0.2, 0) is 15.0 Å². The number of benzene rings is 2. The molecule has 3 rings (SSSR count). The van der Waals surface area contributed by atoms with Gasteiger partial charge in [0.05, 0.1) is 0 Å². The molecule has 0 bridgehead atoms. The first-order valence-corrected chi connectivity index (χ1v) is 8.34. The standard InChI is InChI=1S/C20H19F2NO3/c1-20(19(25)26,12-5-3-2-4-6-12)11-23-18(24)16-10-15(16)14-8-7-13(21)9-17(14)22/h2-9,15-16H,10-11H2,1H3,(H,23,24)(H,25,26). The summed E-state index contributed by atoms with van der Waals surface area (Å²) in [7, 11) is 0. The molecule has 2 aromatic carbocycles. The first-order valence-electron chi connectivity index (χ1n) is 8.34. The van der Waals surface area contributed by atoms with E-state index in [1.54, 1.807) is 37.3 Å². The van der Waals surface area contributed by atoms with E-state index in [1.807, 2.05) is 0 Å². The maximum Gasteiger partial charge on any atom is 0.315 e. The second-order valence-corrected chi connectivity index (χ2v) is 6.84. The van der Waals surface area contributed by atoms with Crippen molar-refractivity contribution in [2.45, 2.75) is 24.7 Å². The highest BCUT2D eigenvalue weighted by Crippen LogP contribution is 2.48. The van der Waals surface area contributed by atoms with Gasteiger partial charge in [0, 0.05) is 18.5 Å². The van der Waals surface area contributed by atoms with Gasteiger partial charge in [-0.05, 0) is 36.5 Å². The van der Waals surface area contributed by atoms with Crippen LogP contribution in [0.1, 0.15) is 30.4 Å². The molecule has 136 valence electrons. The zero-order valence-electron chi connectivity index (χ0n) is 14.2. The van der Waals surface area contributed by atoms with Gasteiger partial charge in [-0.1, -0.05) is 36.4 Å². The van der Waals surface area contributed by atoms with Crippen molar-refractivity contribution in [3.05, 3.63) is 71.3 Å². The highest BCUT2D eigenvalue weighted by molar-refractivity contribution is 5.85. The predicted octanol–water partition coefficient (Wildman–Crippen LogP) is 3.23. The van der Waals surface area contributed by atoms with Crippen LogP contribution in [-0.4, -0.2) is 23.5 Å². The molecular weight excluding hydrogens is 340 g/mol. The number of nitrogens with one attached hydrogen (secondary N) is 1. The average Bonchev–Trinajstić information content (AvgIpc) is 3.40. The van der Waals surface area contributed by atoms with Gasteiger partial charge in [0.2, 0.25) is 5.91 Å². The van der Waals surface area contributed by atoms with Gasteiger partial charge >= 0.3 is 5.97 Å². The van der Waals surface area contributed by atoms with E-state index in [2.05, 4.69) is 5.32 Å². The summed E-state index contributed by atoms with van der Waals surface area (Å²) in [5.74, 6) is -3.41. The van der Waals surface area contributed by atoms with Crippen LogP contribution in [0.15, 0.2) is 48.5 Å². The summed E-state index contributed by atoms with van der Waals surface area (Å²) in [4.78, 5) is 24.1. The normalized spacial score (nSPS) is 20.9. The number of rotatable bonds is 6. The van der Waals surface area contributed by atoms with Crippen molar-refractivity contribution in [2.75, 3.05) is 6.54 Å². The van der Waals surface area contributed by atoms with Gasteiger partial charge in [0.15, 0.2) is 0 Å². The Labute approximate surface area is 149 Å². The monoisotopic (exact) mass is 359 g/mol. The highest BCUT2D eigenvalue weighted by Gasteiger charge is 2.46. The number of hydrogen-bond acceptors (Lipinski definition) is 2. The maximum absolute atomic E-state index is 13.8. The molecule has 3 unspecified atom stereocenters. The third-order valence-electron chi connectivity index (χ3n) is 4.99. The Kier molecular flexibility index (Phi) is 4.76. The van der Waals surface area contributed by atoms with Gasteiger partial charge in [-0.25, -0.2) is 8.78 Å². The molecule has 2 aromatic rings. The number of hydrogen-bond donors (Lipinski definition) is 2. The fraction of sp³-hybridized carbons (Fsp3) is 0.300. The Hall–Kier alpha value is -2.76. The van der Waals surface area contributed by atoms with E-state index in [-0.39, 0.29) is 18.4 Å². The van der Waals surface area contributed by atoms with E-state index in [0.29, 0.717) is 17.5 Å². The summed E-state index contributed by atoms with van der Waals surface area (Å²) in [6.07, 6.45) is 0.462. The van der Waals surface area contributed by atoms with Gasteiger partial charge in [0.1, 0.15) is 17.0 Å². The van der Waals surface area contributed by atoms with Crippen LogP contribution in [0.25, 0.3) is 0 Å². The van der Waals surface area contributed by atoms with Crippen LogP contribution in [0, 0.1) is 17.6 Å². The van der Waals surface area contributed by atoms with Crippen LogP contribution in [0.3, 0.4) is 0 Å². The topological polar surface area (TPSA) is 66.4 Å². The molecule has 0 aromatic heterocycles. The molecule has 6 heteroatoms. The Balaban J connectivity index is 1.66. The van der Waals surface area contributed by atoms with E-state index >= 15 is 0 Å². The molecule has 3 atom stereocenters. The van der Waals surface area contributed by atoms with Crippen molar-refractivity contribution in [3.63, 3.8) is 0 Å². The molecule has 1 aliphatic rings. The molecule has 0 spiro atoms. The summed E-state index contributed by atoms with van der Waals surface area (Å²) in [6, 6.07) is 12.0. The Morgan fingerprint density at radius 2 is 1.88 bits per heavy atom. The second kappa shape index (κ2) is 6.86. The van der Waals surface area contributed by atoms with Crippen molar-refractivity contribution in [3.8, 4) is 0 Å². The molecular formula is C20H19F2NO3. The number of carboxylic acid groups (broad SMARTS) is 1. The van der Waals surface area contributed by atoms with Gasteiger partial charge < -0.3 is 10.4 Å². The Morgan fingerprint density at radius 1 is 1.19 bits per heavy atom. The van der Waals surface area contributed by atoms with Crippen molar-refractivity contribution < 1.29 is 23.5 Å². The van der Waals surface area contributed by atoms with Crippen molar-refractivity contribution in [1.29, 1.82) is 0 Å². The third-order valence-corrected chi connectivity index (χ3v) is 4.99. The molecule has 4 nitrogen and oxygen atoms in total. The molecule has 0 radical (unpaired) electrons. The average molecular weight is 359 g/mol. The SMILES string of the molecule is CC(CNC(=O)C1CC1c1ccc(F)cc1F)(C(=O)O)c1ccccc1. The first kappa shape index (κ1) is 18.0. The molecule has 1 saturated carbocycles. The lowest BCUT2D eigenvalue weighted by Crippen LogP contribution is -2.44. The van der Waals surface area contributed by atoms with E-state index in [0.717, 1.165) is 6.07 Å². The minimum atomic E-state index is -1.26. The van der Waals surface area contributed by atoms with Gasteiger partial charge in [-0.2, -0.15) is 0 Å². The quantitative estimate of drug-likeness (QED) is 0.832. The minimum absolute atomic E-state index is 0.0691. The van der Waals surface area contributed by atoms with Gasteiger partial charge in [0.25, 0.3) is 0 Å². The van der Waals surface area contributed by atoms with Crippen LogP contribution < -0.4 is 5.32 Å². The summed E-state index contributed by atoms with van der Waals surface area (Å²) in [6.45, 7) is 1.48. The van der Waals surface area contributed by atoms with Crippen LogP contribution in [0.5, 0.6) is 0 Å². The molecule has 26 heavy (non-hydrogen) atoms. The number of amides is 1. The number of aliphatic carboxylic acids is 1. The molecule has 1 amide bonds. The number of carbonyl (C=O) groups excluding carboxylic acids is 1. The highest BCUT2D eigenvalue weighted by atomic mass is 19.1. The summed E-state index contributed by atoms with van der Waals surface area (Å²) in [5, 5.41) is 12.3. The fourth-order valence-corrected chi connectivity index (χ4v) is 3.13. The van der Waals surface area contributed by atoms with E-state index in [1.165, 1.54) is 12.1 Å². The number of carboxylic acids is 1. The molecule has 0 saturated heterocycles. The van der Waals surface area contributed by atoms with Crippen molar-refractivity contribution >= 4 is 11.9 Å². The van der Waals surface area contributed by atoms with Crippen LogP contribution in [0.2, 0.25) is 0 Å². The van der Waals surface area contributed by atoms with Gasteiger partial charge in [-0.3, -0.25) is 9.59 Å². The molecule has 0 heterocycles. The zero-order valence-corrected chi connectivity index (χ0v) is 14.2. The van der Waals surface area contributed by atoms with E-state index in [4.69, 9.17) is 0 Å². The molecule has 1 fully saturated rings. The van der Waals surface area contributed by atoms with Crippen LogP contribution >= 0.6 is 0 Å². The predicted molar refractivity (Wildman–Crippen MR) is 91.6 cm³/mol. The molecule has 0 aliphatic heterocycles. The Bertz CT molecular complexity index is 840. The van der Waals surface area contributed by atoms with E-state index < -0.39 is 28.9 Å². The molecule has 2 N–H and O–H groups in total. The Morgan fingerprint density at radius 3 is 2.50 bits per heavy atom. The second-order valence-electron chi connectivity index (χ2n) is 6.84. The van der Waals surface area contributed by atoms with Gasteiger partial charge in [-0.15, -0.1) is 0 Å². The summed E-state index contributed by atoms with van der Waals surface area (Å²) >= 11 is 0. The summed E-state index contributed by atoms with van der Waals surface area (Å²) in [5.41, 5.74) is -0.358. The van der Waals surface area contributed by atoms with Crippen molar-refractivity contribution in [1.82, 2.24) is 5.32 Å². The lowest BCUT2D eigenvalue weighted by Gasteiger charge is -2.25. The third kappa shape index (κ3) is 3.45. The number of carbonyl (C=O) groups is 2. The minimum Gasteiger partial charge on any atom is -0.481 e. The maximum atomic E-state index is 13.8. The fourth-order valence-electron chi connectivity index (χ4n) is 3.13.